The predicted octanol–water partition coefficient (Wildman–Crippen LogP) is 20.3. The van der Waals surface area contributed by atoms with Gasteiger partial charge in [-0.15, -0.1) is 0 Å². The first-order valence-electron chi connectivity index (χ1n) is 30.1. The molecule has 0 aliphatic heterocycles. The lowest BCUT2D eigenvalue weighted by molar-refractivity contribution is -0.167. The average Bonchev–Trinajstić information content (AvgIpc) is 3.37. The number of hydrogen-bond acceptors (Lipinski definition) is 6. The standard InChI is InChI=1S/C65H112O6/c1-4-7-10-13-16-19-22-25-28-30-31-32-33-35-38-40-43-46-49-52-55-58-64(67)70-61-62(71-65(68)59-56-53-50-47-44-41-36-27-24-21-18-15-12-9-6-3)60-69-63(66)57-54-51-48-45-42-39-37-34-29-26-23-20-17-14-11-8-5-2/h8,11,17-18,20-21,26-27,29,36-37,39,44,47,62H,4-7,9-10,12-16,19,22-25,28,30-35,38,40-43,45-46,48-61H2,1-3H3/b11-8-,20-17-,21-18-,29-26-,36-27-,39-37-,47-44-/t62-/m1/s1. The Morgan fingerprint density at radius 1 is 0.296 bits per heavy atom. The Morgan fingerprint density at radius 3 is 0.915 bits per heavy atom. The summed E-state index contributed by atoms with van der Waals surface area (Å²) in [6.07, 6.45) is 77.3. The van der Waals surface area contributed by atoms with E-state index in [0.29, 0.717) is 19.3 Å². The Labute approximate surface area is 439 Å². The number of carbonyl (C=O) groups excluding carboxylic acids is 3. The molecule has 0 saturated heterocycles. The van der Waals surface area contributed by atoms with Crippen LogP contribution in [0.3, 0.4) is 0 Å². The molecule has 0 spiro atoms. The molecule has 0 aromatic carbocycles. The van der Waals surface area contributed by atoms with Crippen LogP contribution in [0.15, 0.2) is 85.1 Å². The average molecular weight is 990 g/mol. The van der Waals surface area contributed by atoms with Gasteiger partial charge in [0.2, 0.25) is 0 Å². The van der Waals surface area contributed by atoms with Crippen molar-refractivity contribution in [3.63, 3.8) is 0 Å². The SMILES string of the molecule is CC/C=C\C/C=C\C/C=C\C/C=C\CCCCCCC(=O)OC[C@H](COC(=O)CCCCCCCCCCCCCCCCCCCCCCC)OC(=O)CCCC/C=C\C/C=C\C/C=C\CCCCC. The van der Waals surface area contributed by atoms with Crippen molar-refractivity contribution in [2.45, 2.75) is 297 Å². The maximum Gasteiger partial charge on any atom is 0.306 e. The zero-order chi connectivity index (χ0) is 51.4. The van der Waals surface area contributed by atoms with Crippen LogP contribution >= 0.6 is 0 Å². The second-order valence-corrected chi connectivity index (χ2v) is 19.9. The molecule has 0 unspecified atom stereocenters. The molecule has 6 heteroatoms. The van der Waals surface area contributed by atoms with Gasteiger partial charge in [0, 0.05) is 19.3 Å². The van der Waals surface area contributed by atoms with E-state index in [1.54, 1.807) is 0 Å². The van der Waals surface area contributed by atoms with Gasteiger partial charge in [-0.25, -0.2) is 0 Å². The van der Waals surface area contributed by atoms with Crippen LogP contribution in [0.2, 0.25) is 0 Å². The third-order valence-electron chi connectivity index (χ3n) is 12.9. The second-order valence-electron chi connectivity index (χ2n) is 19.9. The summed E-state index contributed by atoms with van der Waals surface area (Å²) in [5.74, 6) is -0.952. The van der Waals surface area contributed by atoms with Gasteiger partial charge in [-0.2, -0.15) is 0 Å². The van der Waals surface area contributed by atoms with E-state index in [0.717, 1.165) is 103 Å². The maximum atomic E-state index is 12.8. The Balaban J connectivity index is 4.41. The third kappa shape index (κ3) is 57.4. The van der Waals surface area contributed by atoms with Gasteiger partial charge < -0.3 is 14.2 Å². The fourth-order valence-electron chi connectivity index (χ4n) is 8.38. The quantitative estimate of drug-likeness (QED) is 0.0261. The molecule has 0 amide bonds. The van der Waals surface area contributed by atoms with Gasteiger partial charge in [0.1, 0.15) is 13.2 Å². The fourth-order valence-corrected chi connectivity index (χ4v) is 8.38. The molecule has 0 aromatic heterocycles. The molecular weight excluding hydrogens is 877 g/mol. The van der Waals surface area contributed by atoms with Crippen molar-refractivity contribution in [3.05, 3.63) is 85.1 Å². The van der Waals surface area contributed by atoms with Crippen molar-refractivity contribution in [2.24, 2.45) is 0 Å². The van der Waals surface area contributed by atoms with Crippen LogP contribution in [0.4, 0.5) is 0 Å². The molecule has 0 aliphatic carbocycles. The molecule has 0 radical (unpaired) electrons. The normalized spacial score (nSPS) is 12.7. The number of allylic oxidation sites excluding steroid dienone is 14. The molecule has 0 aliphatic rings. The molecule has 71 heavy (non-hydrogen) atoms. The van der Waals surface area contributed by atoms with Crippen LogP contribution in [-0.2, 0) is 28.6 Å². The van der Waals surface area contributed by atoms with Crippen molar-refractivity contribution in [1.29, 1.82) is 0 Å². The predicted molar refractivity (Wildman–Crippen MR) is 307 cm³/mol. The highest BCUT2D eigenvalue weighted by Crippen LogP contribution is 2.16. The molecule has 0 rings (SSSR count). The molecule has 0 heterocycles. The van der Waals surface area contributed by atoms with E-state index < -0.39 is 6.10 Å². The molecule has 6 nitrogen and oxygen atoms in total. The summed E-state index contributed by atoms with van der Waals surface area (Å²) in [6, 6.07) is 0. The van der Waals surface area contributed by atoms with Crippen molar-refractivity contribution in [3.8, 4) is 0 Å². The van der Waals surface area contributed by atoms with E-state index in [2.05, 4.69) is 106 Å². The van der Waals surface area contributed by atoms with Crippen molar-refractivity contribution < 1.29 is 28.6 Å². The molecule has 408 valence electrons. The van der Waals surface area contributed by atoms with E-state index in [1.165, 1.54) is 141 Å². The van der Waals surface area contributed by atoms with Crippen LogP contribution in [0, 0.1) is 0 Å². The van der Waals surface area contributed by atoms with Gasteiger partial charge in [-0.3, -0.25) is 14.4 Å². The number of ether oxygens (including phenoxy) is 3. The number of esters is 3. The molecule has 0 fully saturated rings. The molecule has 0 bridgehead atoms. The number of rotatable bonds is 54. The molecule has 1 atom stereocenters. The lowest BCUT2D eigenvalue weighted by Gasteiger charge is -2.18. The first kappa shape index (κ1) is 67.6. The van der Waals surface area contributed by atoms with E-state index in [9.17, 15) is 14.4 Å². The smallest absolute Gasteiger partial charge is 0.306 e. The van der Waals surface area contributed by atoms with Crippen LogP contribution < -0.4 is 0 Å². The largest absolute Gasteiger partial charge is 0.462 e. The van der Waals surface area contributed by atoms with Gasteiger partial charge in [-0.1, -0.05) is 260 Å². The lowest BCUT2D eigenvalue weighted by atomic mass is 10.0. The second kappa shape index (κ2) is 59.2. The third-order valence-corrected chi connectivity index (χ3v) is 12.9. The number of hydrogen-bond donors (Lipinski definition) is 0. The highest BCUT2D eigenvalue weighted by atomic mass is 16.6. The van der Waals surface area contributed by atoms with E-state index in [-0.39, 0.29) is 37.5 Å². The maximum absolute atomic E-state index is 12.8. The van der Waals surface area contributed by atoms with Crippen LogP contribution in [-0.4, -0.2) is 37.2 Å². The van der Waals surface area contributed by atoms with Gasteiger partial charge >= 0.3 is 17.9 Å². The highest BCUT2D eigenvalue weighted by Gasteiger charge is 2.19. The van der Waals surface area contributed by atoms with Gasteiger partial charge in [0.05, 0.1) is 0 Å². The van der Waals surface area contributed by atoms with Gasteiger partial charge in [-0.05, 0) is 96.3 Å². The molecule has 0 saturated carbocycles. The summed E-state index contributed by atoms with van der Waals surface area (Å²) in [7, 11) is 0. The fraction of sp³-hybridized carbons (Fsp3) is 0.738. The summed E-state index contributed by atoms with van der Waals surface area (Å²) >= 11 is 0. The summed E-state index contributed by atoms with van der Waals surface area (Å²) in [5, 5.41) is 0. The minimum Gasteiger partial charge on any atom is -0.462 e. The lowest BCUT2D eigenvalue weighted by Crippen LogP contribution is -2.30. The Morgan fingerprint density at radius 2 is 0.549 bits per heavy atom. The summed E-state index contributed by atoms with van der Waals surface area (Å²) in [5.41, 5.74) is 0. The minimum absolute atomic E-state index is 0.0979. The highest BCUT2D eigenvalue weighted by molar-refractivity contribution is 5.71. The van der Waals surface area contributed by atoms with Crippen LogP contribution in [0.5, 0.6) is 0 Å². The van der Waals surface area contributed by atoms with Gasteiger partial charge in [0.25, 0.3) is 0 Å². The zero-order valence-corrected chi connectivity index (χ0v) is 46.7. The van der Waals surface area contributed by atoms with Crippen molar-refractivity contribution in [1.82, 2.24) is 0 Å². The first-order chi connectivity index (χ1) is 35.0. The first-order valence-corrected chi connectivity index (χ1v) is 30.1. The summed E-state index contributed by atoms with van der Waals surface area (Å²) in [4.78, 5) is 38.2. The van der Waals surface area contributed by atoms with E-state index >= 15 is 0 Å². The summed E-state index contributed by atoms with van der Waals surface area (Å²) in [6.45, 7) is 6.47. The molecule has 0 aromatic rings. The number of carbonyl (C=O) groups is 3. The van der Waals surface area contributed by atoms with Crippen molar-refractivity contribution in [2.75, 3.05) is 13.2 Å². The molecular formula is C65H112O6. The van der Waals surface area contributed by atoms with Crippen LogP contribution in [0.1, 0.15) is 290 Å². The Bertz CT molecular complexity index is 1370. The minimum atomic E-state index is -0.806. The monoisotopic (exact) mass is 989 g/mol. The van der Waals surface area contributed by atoms with Crippen LogP contribution in [0.25, 0.3) is 0 Å². The van der Waals surface area contributed by atoms with Crippen molar-refractivity contribution >= 4 is 17.9 Å². The number of unbranched alkanes of at least 4 members (excludes halogenated alkanes) is 29. The zero-order valence-electron chi connectivity index (χ0n) is 46.7. The summed E-state index contributed by atoms with van der Waals surface area (Å²) < 4.78 is 16.8. The van der Waals surface area contributed by atoms with E-state index in [1.807, 2.05) is 0 Å². The van der Waals surface area contributed by atoms with Gasteiger partial charge in [0.15, 0.2) is 6.10 Å². The molecule has 0 N–H and O–H groups in total. The topological polar surface area (TPSA) is 78.9 Å². The van der Waals surface area contributed by atoms with E-state index in [4.69, 9.17) is 14.2 Å². The Hall–Kier alpha value is -3.41. The Kier molecular flexibility index (Phi) is 56.3.